The summed E-state index contributed by atoms with van der Waals surface area (Å²) in [7, 11) is 0. The van der Waals surface area contributed by atoms with Crippen LogP contribution in [0, 0.1) is 6.07 Å². The van der Waals surface area contributed by atoms with E-state index in [1.54, 1.807) is 16.7 Å². The fraction of sp³-hybridized carbons (Fsp3) is 0.414. The fourth-order valence-electron chi connectivity index (χ4n) is 7.49. The molecule has 0 amide bonds. The molecule has 1 nitrogen and oxygen atoms in total. The summed E-state index contributed by atoms with van der Waals surface area (Å²) in [6.45, 7) is 4.92. The molecule has 0 saturated heterocycles. The van der Waals surface area contributed by atoms with Gasteiger partial charge in [0.15, 0.2) is 0 Å². The van der Waals surface area contributed by atoms with Crippen LogP contribution in [0.25, 0.3) is 22.4 Å². The number of nitrogens with zero attached hydrogens (tertiary/aromatic N) is 1. The Hall–Kier alpha value is -1.76. The molecule has 3 aromatic rings. The molecule has 4 bridgehead atoms. The van der Waals surface area contributed by atoms with Crippen LogP contribution >= 0.6 is 0 Å². The minimum Gasteiger partial charge on any atom is -0.301 e. The van der Waals surface area contributed by atoms with Crippen molar-refractivity contribution >= 4 is 0 Å². The van der Waals surface area contributed by atoms with E-state index in [0.717, 1.165) is 5.69 Å². The maximum atomic E-state index is 5.29. The normalized spacial score (nSPS) is 31.4. The van der Waals surface area contributed by atoms with Gasteiger partial charge in [-0.3, -0.25) is 0 Å². The van der Waals surface area contributed by atoms with Crippen molar-refractivity contribution < 1.29 is 20.1 Å². The molecule has 2 saturated carbocycles. The average Bonchev–Trinajstić information content (AvgIpc) is 3.51. The van der Waals surface area contributed by atoms with Crippen LogP contribution in [-0.4, -0.2) is 4.98 Å². The quantitative estimate of drug-likeness (QED) is 0.289. The summed E-state index contributed by atoms with van der Waals surface area (Å²) in [5, 5.41) is 0. The Balaban J connectivity index is 0.00000185. The number of fused-ring (bicyclic) bond motifs is 10. The number of benzene rings is 2. The minimum atomic E-state index is 0. The second-order valence-electron chi connectivity index (χ2n) is 10.9. The number of hydrogen-bond donors (Lipinski definition) is 0. The molecule has 2 aromatic carbocycles. The minimum absolute atomic E-state index is 0. The molecule has 2 fully saturated rings. The van der Waals surface area contributed by atoms with Crippen LogP contribution in [0.15, 0.2) is 48.5 Å². The van der Waals surface area contributed by atoms with E-state index in [-0.39, 0.29) is 20.1 Å². The van der Waals surface area contributed by atoms with Gasteiger partial charge in [-0.1, -0.05) is 56.7 Å². The molecule has 1 radical (unpaired) electrons. The first-order valence-corrected chi connectivity index (χ1v) is 11.7. The largest absolute Gasteiger partial charge is 0.301 e. The van der Waals surface area contributed by atoms with Gasteiger partial charge in [-0.15, -0.1) is 34.9 Å². The van der Waals surface area contributed by atoms with Crippen molar-refractivity contribution in [3.8, 4) is 22.4 Å². The molecule has 1 heterocycles. The number of hydrogen-bond acceptors (Lipinski definition) is 1. The molecular formula is C29H28IrN-. The van der Waals surface area contributed by atoms with Gasteiger partial charge in [-0.05, 0) is 71.2 Å². The molecule has 2 heteroatoms. The Labute approximate surface area is 199 Å². The maximum Gasteiger partial charge on any atom is 0.0369 e. The monoisotopic (exact) mass is 583 g/mol. The van der Waals surface area contributed by atoms with Gasteiger partial charge in [0, 0.05) is 31.7 Å². The molecule has 0 aliphatic heterocycles. The second kappa shape index (κ2) is 6.62. The Bertz CT molecular complexity index is 1200. The van der Waals surface area contributed by atoms with Gasteiger partial charge in [0.1, 0.15) is 0 Å². The van der Waals surface area contributed by atoms with Crippen molar-refractivity contribution in [3.63, 3.8) is 0 Å². The topological polar surface area (TPSA) is 12.9 Å². The number of aromatic nitrogens is 1. The third-order valence-electron chi connectivity index (χ3n) is 8.94. The molecule has 159 valence electrons. The van der Waals surface area contributed by atoms with Gasteiger partial charge in [0.25, 0.3) is 0 Å². The van der Waals surface area contributed by atoms with E-state index in [1.807, 2.05) is 0 Å². The van der Waals surface area contributed by atoms with E-state index in [1.165, 1.54) is 60.9 Å². The van der Waals surface area contributed by atoms with E-state index >= 15 is 0 Å². The van der Waals surface area contributed by atoms with Crippen molar-refractivity contribution in [1.29, 1.82) is 0 Å². The first-order valence-electron chi connectivity index (χ1n) is 11.7. The smallest absolute Gasteiger partial charge is 0.0369 e. The molecule has 0 spiro atoms. The van der Waals surface area contributed by atoms with Crippen molar-refractivity contribution in [2.24, 2.45) is 0 Å². The SMILES string of the molecule is CC12CCC(C)(C1)c1cc(-c3cc(-c4ccccc4)c4c(n3)C3CCC4C3)[c-]cc12.[Ir]. The standard InChI is InChI=1S/C29H28N.Ir/c1-28-12-13-29(2,17-28)24-15-19(10-11-23(24)28)25-16-22(18-6-4-3-5-7-18)26-20-8-9-21(14-20)27(26)30-25;/h3-7,11,15-16,20-21H,8-9,12-14,17H2,1-2H3;/q-1;. The summed E-state index contributed by atoms with van der Waals surface area (Å²) in [4.78, 5) is 5.29. The molecular weight excluding hydrogens is 555 g/mol. The van der Waals surface area contributed by atoms with Crippen LogP contribution in [-0.2, 0) is 30.9 Å². The second-order valence-corrected chi connectivity index (χ2v) is 10.9. The Kier molecular flexibility index (Phi) is 4.25. The van der Waals surface area contributed by atoms with E-state index in [0.29, 0.717) is 22.7 Å². The molecule has 4 atom stereocenters. The van der Waals surface area contributed by atoms with E-state index in [9.17, 15) is 0 Å². The molecule has 0 N–H and O–H groups in total. The molecule has 7 rings (SSSR count). The van der Waals surface area contributed by atoms with Crippen molar-refractivity contribution in [1.82, 2.24) is 4.98 Å². The van der Waals surface area contributed by atoms with E-state index in [4.69, 9.17) is 4.98 Å². The summed E-state index contributed by atoms with van der Waals surface area (Å²) in [5.74, 6) is 1.37. The van der Waals surface area contributed by atoms with Crippen LogP contribution < -0.4 is 0 Å². The fourth-order valence-corrected chi connectivity index (χ4v) is 7.49. The zero-order valence-corrected chi connectivity index (χ0v) is 20.7. The summed E-state index contributed by atoms with van der Waals surface area (Å²) < 4.78 is 0. The van der Waals surface area contributed by atoms with Gasteiger partial charge in [0.2, 0.25) is 0 Å². The van der Waals surface area contributed by atoms with Gasteiger partial charge in [-0.2, -0.15) is 0 Å². The predicted octanol–water partition coefficient (Wildman–Crippen LogP) is 7.29. The molecule has 4 aliphatic rings. The Morgan fingerprint density at radius 2 is 1.68 bits per heavy atom. The summed E-state index contributed by atoms with van der Waals surface area (Å²) in [6, 6.07) is 21.7. The summed E-state index contributed by atoms with van der Waals surface area (Å²) in [5.41, 5.74) is 11.8. The first-order chi connectivity index (χ1) is 14.5. The summed E-state index contributed by atoms with van der Waals surface area (Å²) in [6.07, 6.45) is 7.88. The number of rotatable bonds is 2. The van der Waals surface area contributed by atoms with Gasteiger partial charge in [0.05, 0.1) is 0 Å². The third kappa shape index (κ3) is 2.68. The zero-order valence-electron chi connectivity index (χ0n) is 18.3. The molecule has 4 aliphatic carbocycles. The van der Waals surface area contributed by atoms with Crippen LogP contribution in [0.5, 0.6) is 0 Å². The average molecular weight is 583 g/mol. The first kappa shape index (κ1) is 19.9. The van der Waals surface area contributed by atoms with Crippen molar-refractivity contribution in [2.45, 2.75) is 75.0 Å². The number of pyridine rings is 1. The predicted molar refractivity (Wildman–Crippen MR) is 122 cm³/mol. The molecule has 31 heavy (non-hydrogen) atoms. The zero-order chi connectivity index (χ0) is 20.1. The van der Waals surface area contributed by atoms with Gasteiger partial charge >= 0.3 is 0 Å². The van der Waals surface area contributed by atoms with Crippen LogP contribution in [0.1, 0.15) is 86.6 Å². The summed E-state index contributed by atoms with van der Waals surface area (Å²) >= 11 is 0. The van der Waals surface area contributed by atoms with Crippen LogP contribution in [0.4, 0.5) is 0 Å². The third-order valence-corrected chi connectivity index (χ3v) is 8.94. The van der Waals surface area contributed by atoms with Crippen molar-refractivity contribution in [3.05, 3.63) is 77.0 Å². The Morgan fingerprint density at radius 3 is 2.48 bits per heavy atom. The van der Waals surface area contributed by atoms with E-state index in [2.05, 4.69) is 68.4 Å². The van der Waals surface area contributed by atoms with Crippen molar-refractivity contribution in [2.75, 3.05) is 0 Å². The van der Waals surface area contributed by atoms with Gasteiger partial charge in [-0.25, -0.2) is 0 Å². The Morgan fingerprint density at radius 1 is 0.935 bits per heavy atom. The molecule has 4 unspecified atom stereocenters. The van der Waals surface area contributed by atoms with Gasteiger partial charge < -0.3 is 4.98 Å². The van der Waals surface area contributed by atoms with Crippen LogP contribution in [0.2, 0.25) is 0 Å². The van der Waals surface area contributed by atoms with E-state index < -0.39 is 0 Å². The molecule has 1 aromatic heterocycles. The maximum absolute atomic E-state index is 5.29. The van der Waals surface area contributed by atoms with Crippen LogP contribution in [0.3, 0.4) is 0 Å².